The molecular formula is C46H30N8Na5O20S5. The van der Waals surface area contributed by atoms with Crippen molar-refractivity contribution in [3.63, 3.8) is 0 Å². The summed E-state index contributed by atoms with van der Waals surface area (Å²) in [6.07, 6.45) is 0. The largest absolute Gasteiger partial charge is 0.507 e. The van der Waals surface area contributed by atoms with E-state index in [2.05, 4.69) is 36.0 Å². The van der Waals surface area contributed by atoms with Crippen LogP contribution in [0.2, 0.25) is 0 Å². The first-order valence-electron chi connectivity index (χ1n) is 21.5. The van der Waals surface area contributed by atoms with Crippen molar-refractivity contribution >= 4 is 293 Å². The van der Waals surface area contributed by atoms with Crippen LogP contribution in [0.5, 0.6) is 17.2 Å². The molecule has 0 saturated heterocycles. The van der Waals surface area contributed by atoms with E-state index >= 15 is 0 Å². The second kappa shape index (κ2) is 27.6. The second-order valence-corrected chi connectivity index (χ2v) is 23.7. The van der Waals surface area contributed by atoms with Crippen LogP contribution in [0.3, 0.4) is 0 Å². The smallest absolute Gasteiger partial charge is 0.297 e. The van der Waals surface area contributed by atoms with Crippen molar-refractivity contribution in [1.29, 1.82) is 0 Å². The molecule has 0 heterocycles. The normalized spacial score (nSPS) is 12.2. The molecule has 5 radical (unpaired) electrons. The summed E-state index contributed by atoms with van der Waals surface area (Å²) in [6.45, 7) is 0. The molecule has 0 spiro atoms. The Kier molecular flexibility index (Phi) is 23.8. The first-order valence-corrected chi connectivity index (χ1v) is 28.7. The first-order chi connectivity index (χ1) is 36.8. The summed E-state index contributed by atoms with van der Waals surface area (Å²) in [5.74, 6) is -2.09. The van der Waals surface area contributed by atoms with Crippen LogP contribution in [0.4, 0.5) is 51.2 Å². The molecule has 9 rings (SSSR count). The van der Waals surface area contributed by atoms with Gasteiger partial charge in [0.15, 0.2) is 11.5 Å². The van der Waals surface area contributed by atoms with Crippen molar-refractivity contribution in [2.24, 2.45) is 30.7 Å². The monoisotopic (exact) mass is 1290 g/mol. The summed E-state index contributed by atoms with van der Waals surface area (Å²) in [7, 11) is -25.1. The van der Waals surface area contributed by atoms with E-state index in [1.54, 1.807) is 0 Å². The number of hydrogen-bond donors (Lipinski definition) is 9. The number of non-ortho nitro benzene ring substituents is 1. The van der Waals surface area contributed by atoms with Gasteiger partial charge in [-0.2, -0.15) is 47.2 Å². The zero-order chi connectivity index (χ0) is 57.3. The number of anilines is 2. The molecule has 0 fully saturated rings. The summed E-state index contributed by atoms with van der Waals surface area (Å²) in [4.78, 5) is 6.15. The van der Waals surface area contributed by atoms with Gasteiger partial charge in [-0.15, -0.1) is 25.6 Å². The number of nitrogens with zero attached hydrogens (tertiary/aromatic N) is 7. The van der Waals surface area contributed by atoms with Gasteiger partial charge in [-0.05, 0) is 119 Å². The van der Waals surface area contributed by atoms with Crippen LogP contribution in [0.1, 0.15) is 0 Å². The van der Waals surface area contributed by atoms with Crippen molar-refractivity contribution in [2.45, 2.75) is 24.5 Å². The van der Waals surface area contributed by atoms with Crippen molar-refractivity contribution in [3.8, 4) is 17.2 Å². The third-order valence-electron chi connectivity index (χ3n) is 11.6. The molecule has 0 aliphatic carbocycles. The molecule has 0 aliphatic heterocycles. The van der Waals surface area contributed by atoms with Gasteiger partial charge in [0, 0.05) is 204 Å². The minimum atomic E-state index is -5.26. The van der Waals surface area contributed by atoms with Gasteiger partial charge in [-0.25, -0.2) is 0 Å². The Balaban J connectivity index is 0.00000303. The number of fused-ring (bicyclic) bond motifs is 4. The maximum absolute atomic E-state index is 12.9. The summed E-state index contributed by atoms with van der Waals surface area (Å²) >= 11 is 0. The standard InChI is InChI=1S/C46H30N8O20S5.5Na/c55-39-21-30(76(63,64)65)16-22-15-27(3-6-31(22)39)48-52-43-41(78(69,70)71)17-23-13-25(1-7-32(23)45(43)56)47-26-2-8-33-24(14-26)18-42(79(72,73)74)44(46(33)57)53-50-37-12-11-36(34-9-5-29(20-35(34)37)75(60,61)62)49-51-38-10-4-28(54(58)59)19-40(38)77(66,67)68;;;;;/h1-21,47,55-57H,(H,60,61,62)(H,63,64,65)(H,66,67,68)(H,69,70,71)(H,72,73,74);;;;;. The fourth-order valence-corrected chi connectivity index (χ4v) is 11.0. The number of nitro groups is 1. The van der Waals surface area contributed by atoms with Crippen LogP contribution in [0.15, 0.2) is 183 Å². The van der Waals surface area contributed by atoms with E-state index in [1.807, 2.05) is 0 Å². The predicted molar refractivity (Wildman–Crippen MR) is 308 cm³/mol. The Morgan fingerprint density at radius 1 is 0.381 bits per heavy atom. The zero-order valence-corrected chi connectivity index (χ0v) is 57.9. The SMILES string of the molecule is O=[N+]([O-])c1ccc(N=Nc2ccc(N=Nc3c(S(=O)(=O)O)cc4cc(Nc5ccc6c(O)c(N=Nc7ccc8c(O)cc(S(=O)(=O)O)cc8c7)c(S(=O)(=O)O)cc6c5)ccc4c3O)c3cc(S(=O)(=O)O)ccc23)c(S(=O)(=O)O)c1.[Na].[Na].[Na].[Na].[Na]. The van der Waals surface area contributed by atoms with Gasteiger partial charge >= 0.3 is 0 Å². The maximum atomic E-state index is 12.9. The van der Waals surface area contributed by atoms with E-state index in [4.69, 9.17) is 0 Å². The zero-order valence-electron chi connectivity index (χ0n) is 43.8. The molecule has 9 N–H and O–H groups in total. The quantitative estimate of drug-likeness (QED) is 0.0162. The molecular weight excluding hydrogens is 1260 g/mol. The second-order valence-electron chi connectivity index (χ2n) is 16.7. The number of azo groups is 3. The molecule has 0 unspecified atom stereocenters. The number of rotatable bonds is 14. The van der Waals surface area contributed by atoms with E-state index in [0.717, 1.165) is 60.7 Å². The molecule has 38 heteroatoms. The molecule has 409 valence electrons. The minimum absolute atomic E-state index is 0. The summed E-state index contributed by atoms with van der Waals surface area (Å²) < 4.78 is 173. The van der Waals surface area contributed by atoms with Crippen LogP contribution in [-0.2, 0) is 50.6 Å². The van der Waals surface area contributed by atoms with Gasteiger partial charge in [-0.1, -0.05) is 6.07 Å². The number of phenols is 3. The third kappa shape index (κ3) is 15.8. The fourth-order valence-electron chi connectivity index (χ4n) is 7.99. The number of nitro benzene ring substituents is 1. The van der Waals surface area contributed by atoms with Crippen LogP contribution < -0.4 is 5.32 Å². The van der Waals surface area contributed by atoms with E-state index in [9.17, 15) is 90.3 Å². The van der Waals surface area contributed by atoms with E-state index in [-0.39, 0.29) is 219 Å². The maximum Gasteiger partial charge on any atom is 0.297 e. The first kappa shape index (κ1) is 72.4. The summed E-state index contributed by atoms with van der Waals surface area (Å²) in [5, 5.41) is 70.7. The number of hydrogen-bond acceptors (Lipinski definition) is 22. The number of nitrogens with one attached hydrogen (secondary N) is 1. The number of aromatic hydroxyl groups is 3. The van der Waals surface area contributed by atoms with Crippen molar-refractivity contribution in [1.82, 2.24) is 0 Å². The van der Waals surface area contributed by atoms with Crippen molar-refractivity contribution < 1.29 is 85.1 Å². The fraction of sp³-hybridized carbons (Fsp3) is 0. The topological polar surface area (TPSA) is 462 Å². The van der Waals surface area contributed by atoms with E-state index < -0.39 is 120 Å². The minimum Gasteiger partial charge on any atom is -0.507 e. The van der Waals surface area contributed by atoms with Gasteiger partial charge in [-0.3, -0.25) is 32.9 Å². The van der Waals surface area contributed by atoms with Gasteiger partial charge in [0.25, 0.3) is 56.3 Å². The Morgan fingerprint density at radius 2 is 0.821 bits per heavy atom. The van der Waals surface area contributed by atoms with Crippen LogP contribution in [0, 0.1) is 10.1 Å². The number of phenolic OH excluding ortho intramolecular Hbond substituents is 3. The predicted octanol–water partition coefficient (Wildman–Crippen LogP) is 8.64. The molecule has 0 aliphatic rings. The Morgan fingerprint density at radius 3 is 1.32 bits per heavy atom. The molecule has 0 saturated carbocycles. The Hall–Kier alpha value is -4.03. The molecule has 84 heavy (non-hydrogen) atoms. The van der Waals surface area contributed by atoms with Gasteiger partial charge in [0.05, 0.1) is 31.8 Å². The molecule has 0 amide bonds. The Labute approximate surface area is 585 Å². The van der Waals surface area contributed by atoms with E-state index in [0.29, 0.717) is 6.07 Å². The van der Waals surface area contributed by atoms with Gasteiger partial charge in [0.2, 0.25) is 0 Å². The molecule has 9 aromatic rings. The van der Waals surface area contributed by atoms with Gasteiger partial charge < -0.3 is 20.6 Å². The average molecular weight is 1290 g/mol. The molecule has 0 bridgehead atoms. The Bertz CT molecular complexity index is 4900. The van der Waals surface area contributed by atoms with Crippen molar-refractivity contribution in [3.05, 3.63) is 138 Å². The average Bonchev–Trinajstić information content (AvgIpc) is 3.35. The van der Waals surface area contributed by atoms with Crippen LogP contribution >= 0.6 is 0 Å². The van der Waals surface area contributed by atoms with Crippen molar-refractivity contribution in [2.75, 3.05) is 5.32 Å². The van der Waals surface area contributed by atoms with Crippen LogP contribution in [-0.4, -0.2) is 233 Å². The summed E-state index contributed by atoms with van der Waals surface area (Å²) in [5.41, 5.74) is -2.83. The molecule has 9 aromatic carbocycles. The van der Waals surface area contributed by atoms with Gasteiger partial charge in [0.1, 0.15) is 37.5 Å². The molecule has 0 atom stereocenters. The van der Waals surface area contributed by atoms with Crippen LogP contribution in [0.25, 0.3) is 43.1 Å². The van der Waals surface area contributed by atoms with E-state index in [1.165, 1.54) is 60.7 Å². The number of benzene rings is 9. The summed E-state index contributed by atoms with van der Waals surface area (Å²) in [6, 6.07) is 23.4. The molecule has 0 aromatic heterocycles. The third-order valence-corrected chi connectivity index (χ3v) is 15.9. The molecule has 28 nitrogen and oxygen atoms in total.